The highest BCUT2D eigenvalue weighted by atomic mass is 16.5. The van der Waals surface area contributed by atoms with Gasteiger partial charge in [-0.3, -0.25) is 0 Å². The lowest BCUT2D eigenvalue weighted by atomic mass is 10.1. The van der Waals surface area contributed by atoms with E-state index in [-0.39, 0.29) is 0 Å². The summed E-state index contributed by atoms with van der Waals surface area (Å²) in [7, 11) is 0. The van der Waals surface area contributed by atoms with Crippen molar-refractivity contribution in [1.82, 2.24) is 4.90 Å². The molecule has 1 fully saturated rings. The predicted molar refractivity (Wildman–Crippen MR) is 85.9 cm³/mol. The van der Waals surface area contributed by atoms with E-state index in [9.17, 15) is 0 Å². The van der Waals surface area contributed by atoms with Crippen LogP contribution in [0, 0.1) is 0 Å². The third-order valence-electron chi connectivity index (χ3n) is 3.99. The number of ether oxygens (including phenoxy) is 2. The fraction of sp³-hybridized carbons (Fsp3) is 0.444. The molecule has 112 valence electrons. The van der Waals surface area contributed by atoms with Crippen molar-refractivity contribution in [3.8, 4) is 5.75 Å². The van der Waals surface area contributed by atoms with Crippen LogP contribution in [0.15, 0.2) is 42.5 Å². The van der Waals surface area contributed by atoms with Gasteiger partial charge in [0.25, 0.3) is 0 Å². The Morgan fingerprint density at radius 3 is 2.57 bits per heavy atom. The highest BCUT2D eigenvalue weighted by Gasteiger charge is 2.10. The van der Waals surface area contributed by atoms with Crippen molar-refractivity contribution in [2.45, 2.75) is 12.8 Å². The van der Waals surface area contributed by atoms with Gasteiger partial charge in [0.15, 0.2) is 0 Å². The molecule has 0 aromatic heterocycles. The molecule has 1 aliphatic heterocycles. The summed E-state index contributed by atoms with van der Waals surface area (Å²) in [6.45, 7) is 5.57. The van der Waals surface area contributed by atoms with Crippen LogP contribution in [0.1, 0.15) is 12.8 Å². The molecule has 0 atom stereocenters. The van der Waals surface area contributed by atoms with Crippen LogP contribution in [0.3, 0.4) is 0 Å². The zero-order chi connectivity index (χ0) is 14.3. The van der Waals surface area contributed by atoms with Crippen LogP contribution >= 0.6 is 0 Å². The molecule has 21 heavy (non-hydrogen) atoms. The maximum absolute atomic E-state index is 5.85. The molecule has 1 saturated heterocycles. The van der Waals surface area contributed by atoms with Gasteiger partial charge in [-0.15, -0.1) is 0 Å². The number of hydrogen-bond acceptors (Lipinski definition) is 3. The van der Waals surface area contributed by atoms with Crippen LogP contribution < -0.4 is 4.74 Å². The average Bonchev–Trinajstić information content (AvgIpc) is 3.04. The summed E-state index contributed by atoms with van der Waals surface area (Å²) in [6, 6.07) is 14.5. The first-order valence-corrected chi connectivity index (χ1v) is 7.84. The summed E-state index contributed by atoms with van der Waals surface area (Å²) < 4.78 is 11.5. The molecule has 0 saturated carbocycles. The van der Waals surface area contributed by atoms with Crippen molar-refractivity contribution >= 4 is 10.8 Å². The first-order valence-electron chi connectivity index (χ1n) is 7.84. The molecule has 0 aliphatic carbocycles. The van der Waals surface area contributed by atoms with Crippen molar-refractivity contribution in [2.24, 2.45) is 0 Å². The lowest BCUT2D eigenvalue weighted by Crippen LogP contribution is -2.24. The van der Waals surface area contributed by atoms with Gasteiger partial charge in [-0.05, 0) is 37.4 Å². The zero-order valence-corrected chi connectivity index (χ0v) is 12.5. The molecule has 3 nitrogen and oxygen atoms in total. The molecule has 0 amide bonds. The molecular weight excluding hydrogens is 262 g/mol. The van der Waals surface area contributed by atoms with Crippen molar-refractivity contribution in [3.05, 3.63) is 42.5 Å². The van der Waals surface area contributed by atoms with Crippen molar-refractivity contribution < 1.29 is 9.47 Å². The second-order valence-corrected chi connectivity index (χ2v) is 5.49. The van der Waals surface area contributed by atoms with Crippen molar-refractivity contribution in [2.75, 3.05) is 39.5 Å². The molecule has 0 bridgehead atoms. The van der Waals surface area contributed by atoms with Gasteiger partial charge in [0, 0.05) is 11.9 Å². The number of hydrogen-bond donors (Lipinski definition) is 0. The van der Waals surface area contributed by atoms with Crippen LogP contribution in [-0.2, 0) is 4.74 Å². The van der Waals surface area contributed by atoms with E-state index in [4.69, 9.17) is 9.47 Å². The molecule has 1 heterocycles. The maximum Gasteiger partial charge on any atom is 0.127 e. The van der Waals surface area contributed by atoms with E-state index >= 15 is 0 Å². The van der Waals surface area contributed by atoms with Gasteiger partial charge >= 0.3 is 0 Å². The Bertz CT molecular complexity index is 559. The summed E-state index contributed by atoms with van der Waals surface area (Å²) >= 11 is 0. The molecule has 0 N–H and O–H groups in total. The molecule has 3 rings (SSSR count). The van der Waals surface area contributed by atoms with E-state index in [0.717, 1.165) is 24.3 Å². The normalized spacial score (nSPS) is 15.6. The zero-order valence-electron chi connectivity index (χ0n) is 12.5. The fourth-order valence-electron chi connectivity index (χ4n) is 2.83. The molecular formula is C18H23NO2. The summed E-state index contributed by atoms with van der Waals surface area (Å²) in [5, 5.41) is 2.38. The standard InChI is InChI=1S/C18H23NO2/c1-2-8-17-16(6-1)7-5-9-18(17)21-15-14-20-13-12-19-10-3-4-11-19/h1-2,5-9H,3-4,10-15H2. The Kier molecular flexibility index (Phi) is 5.08. The topological polar surface area (TPSA) is 21.7 Å². The lowest BCUT2D eigenvalue weighted by molar-refractivity contribution is 0.0850. The lowest BCUT2D eigenvalue weighted by Gasteiger charge is -2.14. The molecule has 0 spiro atoms. The van der Waals surface area contributed by atoms with Gasteiger partial charge in [-0.1, -0.05) is 36.4 Å². The van der Waals surface area contributed by atoms with Gasteiger partial charge in [0.2, 0.25) is 0 Å². The Morgan fingerprint density at radius 2 is 1.67 bits per heavy atom. The van der Waals surface area contributed by atoms with E-state index in [2.05, 4.69) is 23.1 Å². The quantitative estimate of drug-likeness (QED) is 0.728. The first-order chi connectivity index (χ1) is 10.4. The Hall–Kier alpha value is -1.58. The number of likely N-dealkylation sites (tertiary alicyclic amines) is 1. The number of nitrogens with zero attached hydrogens (tertiary/aromatic N) is 1. The predicted octanol–water partition coefficient (Wildman–Crippen LogP) is 3.33. The smallest absolute Gasteiger partial charge is 0.127 e. The van der Waals surface area contributed by atoms with E-state index < -0.39 is 0 Å². The van der Waals surface area contributed by atoms with Crippen molar-refractivity contribution in [3.63, 3.8) is 0 Å². The van der Waals surface area contributed by atoms with Crippen molar-refractivity contribution in [1.29, 1.82) is 0 Å². The van der Waals surface area contributed by atoms with E-state index in [1.165, 1.54) is 31.3 Å². The SMILES string of the molecule is c1ccc2c(OCCOCCN3CCCC3)cccc2c1. The first kappa shape index (κ1) is 14.4. The number of fused-ring (bicyclic) bond motifs is 1. The minimum absolute atomic E-state index is 0.605. The summed E-state index contributed by atoms with van der Waals surface area (Å²) in [4.78, 5) is 2.46. The van der Waals surface area contributed by atoms with E-state index in [1.807, 2.05) is 24.3 Å². The van der Waals surface area contributed by atoms with E-state index in [1.54, 1.807) is 0 Å². The third kappa shape index (κ3) is 3.96. The summed E-state index contributed by atoms with van der Waals surface area (Å²) in [5.74, 6) is 0.941. The Balaban J connectivity index is 1.40. The number of benzene rings is 2. The van der Waals surface area contributed by atoms with Crippen LogP contribution in [0.4, 0.5) is 0 Å². The highest BCUT2D eigenvalue weighted by Crippen LogP contribution is 2.24. The fourth-order valence-corrected chi connectivity index (χ4v) is 2.83. The van der Waals surface area contributed by atoms with Gasteiger partial charge in [0.05, 0.1) is 13.2 Å². The second kappa shape index (κ2) is 7.43. The van der Waals surface area contributed by atoms with Gasteiger partial charge in [-0.25, -0.2) is 0 Å². The summed E-state index contributed by atoms with van der Waals surface area (Å²) in [6.07, 6.45) is 2.67. The van der Waals surface area contributed by atoms with Gasteiger partial charge in [-0.2, -0.15) is 0 Å². The molecule has 2 aromatic rings. The second-order valence-electron chi connectivity index (χ2n) is 5.49. The molecule has 1 aliphatic rings. The monoisotopic (exact) mass is 285 g/mol. The van der Waals surface area contributed by atoms with Crippen LogP contribution in [0.25, 0.3) is 10.8 Å². The van der Waals surface area contributed by atoms with E-state index in [0.29, 0.717) is 13.2 Å². The van der Waals surface area contributed by atoms with Gasteiger partial charge in [0.1, 0.15) is 12.4 Å². The highest BCUT2D eigenvalue weighted by molar-refractivity contribution is 5.88. The molecule has 2 aromatic carbocycles. The Morgan fingerprint density at radius 1 is 0.857 bits per heavy atom. The minimum atomic E-state index is 0.605. The van der Waals surface area contributed by atoms with Gasteiger partial charge < -0.3 is 14.4 Å². The van der Waals surface area contributed by atoms with Crippen LogP contribution in [0.2, 0.25) is 0 Å². The number of rotatable bonds is 7. The molecule has 3 heteroatoms. The largest absolute Gasteiger partial charge is 0.491 e. The van der Waals surface area contributed by atoms with Crippen LogP contribution in [-0.4, -0.2) is 44.4 Å². The molecule has 0 radical (unpaired) electrons. The average molecular weight is 285 g/mol. The third-order valence-corrected chi connectivity index (χ3v) is 3.99. The van der Waals surface area contributed by atoms with Crippen LogP contribution in [0.5, 0.6) is 5.75 Å². The maximum atomic E-state index is 5.85. The Labute approximate surface area is 126 Å². The summed E-state index contributed by atoms with van der Waals surface area (Å²) in [5.41, 5.74) is 0. The minimum Gasteiger partial charge on any atom is -0.491 e. The molecule has 0 unspecified atom stereocenters.